The van der Waals surface area contributed by atoms with Gasteiger partial charge >= 0.3 is 6.18 Å². The van der Waals surface area contributed by atoms with Crippen molar-refractivity contribution >= 4 is 17.5 Å². The first-order valence-electron chi connectivity index (χ1n) is 6.03. The zero-order chi connectivity index (χ0) is 14.0. The maximum absolute atomic E-state index is 12.9. The van der Waals surface area contributed by atoms with E-state index in [0.717, 1.165) is 4.90 Å². The number of amides is 1. The van der Waals surface area contributed by atoms with Crippen LogP contribution in [0.2, 0.25) is 5.02 Å². The highest BCUT2D eigenvalue weighted by atomic mass is 35.5. The molecule has 1 saturated heterocycles. The van der Waals surface area contributed by atoms with Gasteiger partial charge in [-0.25, -0.2) is 0 Å². The summed E-state index contributed by atoms with van der Waals surface area (Å²) in [6.07, 6.45) is -3.33. The first kappa shape index (κ1) is 14.2. The van der Waals surface area contributed by atoms with Crippen molar-refractivity contribution in [2.75, 3.05) is 6.54 Å². The van der Waals surface area contributed by atoms with E-state index < -0.39 is 18.1 Å². The maximum Gasteiger partial charge on any atom is 0.408 e. The zero-order valence-electron chi connectivity index (χ0n) is 10.1. The van der Waals surface area contributed by atoms with Gasteiger partial charge < -0.3 is 4.90 Å². The van der Waals surface area contributed by atoms with Gasteiger partial charge in [0.15, 0.2) is 0 Å². The molecule has 0 spiro atoms. The van der Waals surface area contributed by atoms with Gasteiger partial charge in [0.05, 0.1) is 0 Å². The summed E-state index contributed by atoms with van der Waals surface area (Å²) in [7, 11) is 0. The van der Waals surface area contributed by atoms with Gasteiger partial charge in [0, 0.05) is 17.1 Å². The second kappa shape index (κ2) is 5.41. The van der Waals surface area contributed by atoms with Crippen molar-refractivity contribution < 1.29 is 18.0 Å². The van der Waals surface area contributed by atoms with Crippen molar-refractivity contribution in [3.05, 3.63) is 34.9 Å². The molecule has 1 unspecified atom stereocenters. The van der Waals surface area contributed by atoms with Crippen molar-refractivity contribution in [2.24, 2.45) is 0 Å². The van der Waals surface area contributed by atoms with Crippen molar-refractivity contribution in [3.63, 3.8) is 0 Å². The molecule has 104 valence electrons. The first-order chi connectivity index (χ1) is 8.89. The Morgan fingerprint density at radius 3 is 2.68 bits per heavy atom. The summed E-state index contributed by atoms with van der Waals surface area (Å²) in [4.78, 5) is 13.1. The molecule has 0 bridgehead atoms. The van der Waals surface area contributed by atoms with E-state index in [1.807, 2.05) is 0 Å². The lowest BCUT2D eigenvalue weighted by Crippen LogP contribution is -2.51. The van der Waals surface area contributed by atoms with Crippen LogP contribution in [-0.4, -0.2) is 29.6 Å². The minimum Gasteiger partial charge on any atom is -0.327 e. The average Bonchev–Trinajstić information content (AvgIpc) is 2.37. The van der Waals surface area contributed by atoms with E-state index >= 15 is 0 Å². The monoisotopic (exact) mass is 291 g/mol. The van der Waals surface area contributed by atoms with Crippen LogP contribution in [0.4, 0.5) is 13.2 Å². The largest absolute Gasteiger partial charge is 0.408 e. The molecule has 2 rings (SSSR count). The molecular weight excluding hydrogens is 279 g/mol. The number of alkyl halides is 3. The molecule has 2 nitrogen and oxygen atoms in total. The van der Waals surface area contributed by atoms with Crippen LogP contribution in [0, 0.1) is 0 Å². The molecule has 1 amide bonds. The fourth-order valence-electron chi connectivity index (χ4n) is 2.30. The van der Waals surface area contributed by atoms with Gasteiger partial charge in [-0.15, -0.1) is 0 Å². The standard InChI is InChI=1S/C13H13ClF3NO/c14-10-5-3-4-9(8-10)12(19)18-7-2-1-6-11(18)13(15,16)17/h3-5,8,11H,1-2,6-7H2. The third-order valence-corrected chi connectivity index (χ3v) is 3.45. The smallest absolute Gasteiger partial charge is 0.327 e. The van der Waals surface area contributed by atoms with E-state index in [9.17, 15) is 18.0 Å². The zero-order valence-corrected chi connectivity index (χ0v) is 10.8. The first-order valence-corrected chi connectivity index (χ1v) is 6.40. The third kappa shape index (κ3) is 3.21. The third-order valence-electron chi connectivity index (χ3n) is 3.21. The Bertz CT molecular complexity index is 475. The van der Waals surface area contributed by atoms with E-state index in [4.69, 9.17) is 11.6 Å². The van der Waals surface area contributed by atoms with Crippen molar-refractivity contribution in [1.82, 2.24) is 4.90 Å². The molecule has 0 aliphatic carbocycles. The minimum absolute atomic E-state index is 0.0319. The summed E-state index contributed by atoms with van der Waals surface area (Å²) in [6, 6.07) is 4.33. The summed E-state index contributed by atoms with van der Waals surface area (Å²) in [5.74, 6) is -0.607. The van der Waals surface area contributed by atoms with Gasteiger partial charge in [-0.3, -0.25) is 4.79 Å². The fourth-order valence-corrected chi connectivity index (χ4v) is 2.49. The Labute approximate surface area is 114 Å². The summed E-state index contributed by atoms with van der Waals surface area (Å²) in [5.41, 5.74) is 0.198. The maximum atomic E-state index is 12.9. The highest BCUT2D eigenvalue weighted by Crippen LogP contribution is 2.32. The van der Waals surface area contributed by atoms with Crippen LogP contribution in [-0.2, 0) is 0 Å². The number of hydrogen-bond acceptors (Lipinski definition) is 1. The van der Waals surface area contributed by atoms with Gasteiger partial charge in [-0.1, -0.05) is 17.7 Å². The Morgan fingerprint density at radius 2 is 2.05 bits per heavy atom. The molecule has 1 aliphatic rings. The van der Waals surface area contributed by atoms with Crippen molar-refractivity contribution in [1.29, 1.82) is 0 Å². The van der Waals surface area contributed by atoms with E-state index in [1.165, 1.54) is 12.1 Å². The second-order valence-corrected chi connectivity index (χ2v) is 5.00. The normalized spacial score (nSPS) is 20.4. The fraction of sp³-hybridized carbons (Fsp3) is 0.462. The van der Waals surface area contributed by atoms with Crippen LogP contribution in [0.15, 0.2) is 24.3 Å². The number of likely N-dealkylation sites (tertiary alicyclic amines) is 1. The summed E-state index contributed by atoms with van der Waals surface area (Å²) < 4.78 is 38.8. The van der Waals surface area contributed by atoms with Crippen LogP contribution in [0.25, 0.3) is 0 Å². The number of carbonyl (C=O) groups is 1. The van der Waals surface area contributed by atoms with Gasteiger partial charge in [-0.05, 0) is 37.5 Å². The highest BCUT2D eigenvalue weighted by Gasteiger charge is 2.46. The topological polar surface area (TPSA) is 20.3 Å². The Balaban J connectivity index is 2.25. The summed E-state index contributed by atoms with van der Waals surface area (Å²) in [6.45, 7) is 0.134. The Morgan fingerprint density at radius 1 is 1.32 bits per heavy atom. The number of benzene rings is 1. The summed E-state index contributed by atoms with van der Waals surface area (Å²) in [5, 5.41) is 0.339. The van der Waals surface area contributed by atoms with Gasteiger partial charge in [-0.2, -0.15) is 13.2 Å². The molecule has 1 heterocycles. The van der Waals surface area contributed by atoms with Crippen LogP contribution >= 0.6 is 11.6 Å². The number of nitrogens with zero attached hydrogens (tertiary/aromatic N) is 1. The lowest BCUT2D eigenvalue weighted by atomic mass is 10.0. The molecule has 1 aromatic rings. The molecule has 0 N–H and O–H groups in total. The molecule has 1 aliphatic heterocycles. The second-order valence-electron chi connectivity index (χ2n) is 4.56. The molecule has 0 aromatic heterocycles. The van der Waals surface area contributed by atoms with E-state index in [2.05, 4.69) is 0 Å². The van der Waals surface area contributed by atoms with Gasteiger partial charge in [0.2, 0.25) is 0 Å². The number of hydrogen-bond donors (Lipinski definition) is 0. The van der Waals surface area contributed by atoms with Crippen molar-refractivity contribution in [2.45, 2.75) is 31.5 Å². The van der Waals surface area contributed by atoms with E-state index in [1.54, 1.807) is 12.1 Å². The number of halogens is 4. The number of piperidine rings is 1. The number of rotatable bonds is 1. The van der Waals surface area contributed by atoms with Crippen LogP contribution < -0.4 is 0 Å². The molecule has 0 radical (unpaired) electrons. The van der Waals surface area contributed by atoms with Crippen LogP contribution in [0.5, 0.6) is 0 Å². The van der Waals surface area contributed by atoms with E-state index in [0.29, 0.717) is 17.9 Å². The van der Waals surface area contributed by atoms with Crippen molar-refractivity contribution in [3.8, 4) is 0 Å². The minimum atomic E-state index is -4.38. The lowest BCUT2D eigenvalue weighted by molar-refractivity contribution is -0.183. The highest BCUT2D eigenvalue weighted by molar-refractivity contribution is 6.30. The molecule has 1 atom stereocenters. The quantitative estimate of drug-likeness (QED) is 0.768. The molecule has 19 heavy (non-hydrogen) atoms. The molecular formula is C13H13ClF3NO. The molecule has 1 aromatic carbocycles. The van der Waals surface area contributed by atoms with Gasteiger partial charge in [0.1, 0.15) is 6.04 Å². The average molecular weight is 292 g/mol. The van der Waals surface area contributed by atoms with E-state index in [-0.39, 0.29) is 18.5 Å². The Kier molecular flexibility index (Phi) is 4.04. The van der Waals surface area contributed by atoms with Crippen LogP contribution in [0.1, 0.15) is 29.6 Å². The molecule has 0 saturated carbocycles. The summed E-state index contributed by atoms with van der Waals surface area (Å²) >= 11 is 5.76. The van der Waals surface area contributed by atoms with Crippen LogP contribution in [0.3, 0.4) is 0 Å². The van der Waals surface area contributed by atoms with Gasteiger partial charge in [0.25, 0.3) is 5.91 Å². The SMILES string of the molecule is O=C(c1cccc(Cl)c1)N1CCCCC1C(F)(F)F. The molecule has 1 fully saturated rings. The Hall–Kier alpha value is -1.23. The lowest BCUT2D eigenvalue weighted by Gasteiger charge is -2.36. The molecule has 6 heteroatoms. The predicted molar refractivity (Wildman–Crippen MR) is 66.2 cm³/mol. The number of carbonyl (C=O) groups excluding carboxylic acids is 1. The predicted octanol–water partition coefficient (Wildman–Crippen LogP) is 3.90.